The minimum atomic E-state index is 0. The third-order valence-electron chi connectivity index (χ3n) is 3.29. The Balaban J connectivity index is 0.00000200. The van der Waals surface area contributed by atoms with Crippen LogP contribution in [0.5, 0.6) is 0 Å². The number of halogens is 1. The number of nitrogens with zero attached hydrogens (tertiary/aromatic N) is 1. The summed E-state index contributed by atoms with van der Waals surface area (Å²) < 4.78 is 5.54. The van der Waals surface area contributed by atoms with E-state index in [0.29, 0.717) is 25.7 Å². The van der Waals surface area contributed by atoms with Crippen LogP contribution in [0.2, 0.25) is 0 Å². The largest absolute Gasteiger partial charge is 0.376 e. The van der Waals surface area contributed by atoms with Gasteiger partial charge in [0.2, 0.25) is 5.91 Å². The van der Waals surface area contributed by atoms with E-state index in [0.717, 1.165) is 25.2 Å². The fraction of sp³-hybridized carbons (Fsp3) is 0.533. The van der Waals surface area contributed by atoms with Gasteiger partial charge in [-0.3, -0.25) is 4.79 Å². The van der Waals surface area contributed by atoms with Gasteiger partial charge in [-0.05, 0) is 12.5 Å². The van der Waals surface area contributed by atoms with Crippen molar-refractivity contribution >= 4 is 18.3 Å². The first kappa shape index (κ1) is 17.0. The molecule has 1 aliphatic rings. The van der Waals surface area contributed by atoms with Gasteiger partial charge in [0.05, 0.1) is 19.6 Å². The third kappa shape index (κ3) is 5.49. The summed E-state index contributed by atoms with van der Waals surface area (Å²) in [5.74, 6) is 0.196. The van der Waals surface area contributed by atoms with Gasteiger partial charge < -0.3 is 15.0 Å². The lowest BCUT2D eigenvalue weighted by Gasteiger charge is -2.31. The second-order valence-corrected chi connectivity index (χ2v) is 4.98. The Hall–Kier alpha value is -1.10. The molecule has 1 amide bonds. The summed E-state index contributed by atoms with van der Waals surface area (Å²) in [7, 11) is 0. The summed E-state index contributed by atoms with van der Waals surface area (Å²) in [5.41, 5.74) is 1.14. The van der Waals surface area contributed by atoms with E-state index in [1.54, 1.807) is 0 Å². The molecular formula is C15H23ClN2O2. The molecule has 0 aliphatic carbocycles. The van der Waals surface area contributed by atoms with Crippen molar-refractivity contribution in [1.82, 2.24) is 10.2 Å². The van der Waals surface area contributed by atoms with E-state index in [1.165, 1.54) is 0 Å². The van der Waals surface area contributed by atoms with Gasteiger partial charge in [0, 0.05) is 25.7 Å². The monoisotopic (exact) mass is 298 g/mol. The quantitative estimate of drug-likeness (QED) is 0.843. The lowest BCUT2D eigenvalue weighted by Crippen LogP contribution is -2.51. The average molecular weight is 299 g/mol. The van der Waals surface area contributed by atoms with Crippen LogP contribution in [0.4, 0.5) is 0 Å². The SMILES string of the molecule is CC1CN(C(=O)CCOCc2ccccc2)CCN1.Cl. The molecule has 1 atom stereocenters. The van der Waals surface area contributed by atoms with Crippen molar-refractivity contribution in [3.05, 3.63) is 35.9 Å². The Morgan fingerprint density at radius 3 is 2.85 bits per heavy atom. The zero-order valence-electron chi connectivity index (χ0n) is 11.9. The molecule has 1 aliphatic heterocycles. The molecule has 1 aromatic rings. The van der Waals surface area contributed by atoms with Crippen molar-refractivity contribution in [2.45, 2.75) is 26.0 Å². The maximum absolute atomic E-state index is 12.0. The van der Waals surface area contributed by atoms with Crippen molar-refractivity contribution in [2.24, 2.45) is 0 Å². The van der Waals surface area contributed by atoms with Crippen molar-refractivity contribution in [2.75, 3.05) is 26.2 Å². The highest BCUT2D eigenvalue weighted by Gasteiger charge is 2.19. The van der Waals surface area contributed by atoms with E-state index in [1.807, 2.05) is 35.2 Å². The fourth-order valence-corrected chi connectivity index (χ4v) is 2.24. The first-order valence-corrected chi connectivity index (χ1v) is 6.88. The molecule has 4 nitrogen and oxygen atoms in total. The number of rotatable bonds is 5. The van der Waals surface area contributed by atoms with Crippen LogP contribution in [0.15, 0.2) is 30.3 Å². The van der Waals surface area contributed by atoms with Gasteiger partial charge in [-0.15, -0.1) is 12.4 Å². The van der Waals surface area contributed by atoms with E-state index in [4.69, 9.17) is 4.74 Å². The minimum absolute atomic E-state index is 0. The van der Waals surface area contributed by atoms with Gasteiger partial charge in [-0.2, -0.15) is 0 Å². The van der Waals surface area contributed by atoms with Crippen molar-refractivity contribution < 1.29 is 9.53 Å². The fourth-order valence-electron chi connectivity index (χ4n) is 2.24. The standard InChI is InChI=1S/C15H22N2O2.ClH/c1-13-11-17(9-8-16-13)15(18)7-10-19-12-14-5-3-2-4-6-14;/h2-6,13,16H,7-12H2,1H3;1H. The van der Waals surface area contributed by atoms with Crippen LogP contribution < -0.4 is 5.32 Å². The Bertz CT molecular complexity index is 400. The molecule has 0 spiro atoms. The van der Waals surface area contributed by atoms with Gasteiger partial charge in [0.15, 0.2) is 0 Å². The molecule has 0 aromatic heterocycles. The summed E-state index contributed by atoms with van der Waals surface area (Å²) in [6.07, 6.45) is 0.472. The lowest BCUT2D eigenvalue weighted by molar-refractivity contribution is -0.133. The number of hydrogen-bond acceptors (Lipinski definition) is 3. The molecule has 1 unspecified atom stereocenters. The molecule has 1 N–H and O–H groups in total. The van der Waals surface area contributed by atoms with Crippen LogP contribution in [-0.2, 0) is 16.1 Å². The second-order valence-electron chi connectivity index (χ2n) is 4.98. The molecule has 112 valence electrons. The molecule has 1 fully saturated rings. The van der Waals surface area contributed by atoms with Crippen molar-refractivity contribution in [3.63, 3.8) is 0 Å². The number of nitrogens with one attached hydrogen (secondary N) is 1. The summed E-state index contributed by atoms with van der Waals surface area (Å²) in [6.45, 7) is 5.67. The highest BCUT2D eigenvalue weighted by atomic mass is 35.5. The normalized spacial score (nSPS) is 18.4. The molecule has 2 rings (SSSR count). The van der Waals surface area contributed by atoms with Crippen LogP contribution in [0.3, 0.4) is 0 Å². The first-order valence-electron chi connectivity index (χ1n) is 6.88. The summed E-state index contributed by atoms with van der Waals surface area (Å²) >= 11 is 0. The Labute approximate surface area is 126 Å². The lowest BCUT2D eigenvalue weighted by atomic mass is 10.2. The minimum Gasteiger partial charge on any atom is -0.376 e. The molecule has 1 saturated heterocycles. The van der Waals surface area contributed by atoms with Gasteiger partial charge in [-0.1, -0.05) is 30.3 Å². The first-order chi connectivity index (χ1) is 9.25. The number of benzene rings is 1. The summed E-state index contributed by atoms with van der Waals surface area (Å²) in [5, 5.41) is 3.33. The average Bonchev–Trinajstić information content (AvgIpc) is 2.44. The molecule has 1 aromatic carbocycles. The number of amides is 1. The molecule has 0 radical (unpaired) electrons. The van der Waals surface area contributed by atoms with E-state index < -0.39 is 0 Å². The summed E-state index contributed by atoms with van der Waals surface area (Å²) in [6, 6.07) is 10.4. The van der Waals surface area contributed by atoms with Gasteiger partial charge >= 0.3 is 0 Å². The van der Waals surface area contributed by atoms with Crippen LogP contribution in [-0.4, -0.2) is 43.1 Å². The molecule has 20 heavy (non-hydrogen) atoms. The molecule has 5 heteroatoms. The van der Waals surface area contributed by atoms with Gasteiger partial charge in [0.25, 0.3) is 0 Å². The number of hydrogen-bond donors (Lipinski definition) is 1. The van der Waals surface area contributed by atoms with Crippen molar-refractivity contribution in [3.8, 4) is 0 Å². The van der Waals surface area contributed by atoms with Crippen LogP contribution in [0, 0.1) is 0 Å². The highest BCUT2D eigenvalue weighted by molar-refractivity contribution is 5.85. The Kier molecular flexibility index (Phi) is 7.59. The third-order valence-corrected chi connectivity index (χ3v) is 3.29. The Morgan fingerprint density at radius 2 is 2.15 bits per heavy atom. The molecule has 0 saturated carbocycles. The number of piperazine rings is 1. The van der Waals surface area contributed by atoms with E-state index in [2.05, 4.69) is 12.2 Å². The van der Waals surface area contributed by atoms with E-state index in [-0.39, 0.29) is 18.3 Å². The number of carbonyl (C=O) groups is 1. The molecule has 1 heterocycles. The highest BCUT2D eigenvalue weighted by Crippen LogP contribution is 2.04. The Morgan fingerprint density at radius 1 is 1.40 bits per heavy atom. The molecule has 0 bridgehead atoms. The van der Waals surface area contributed by atoms with Gasteiger partial charge in [-0.25, -0.2) is 0 Å². The topological polar surface area (TPSA) is 41.6 Å². The van der Waals surface area contributed by atoms with Gasteiger partial charge in [0.1, 0.15) is 0 Å². The predicted molar refractivity (Wildman–Crippen MR) is 82.0 cm³/mol. The predicted octanol–water partition coefficient (Wildman–Crippen LogP) is 1.84. The second kappa shape index (κ2) is 8.95. The van der Waals surface area contributed by atoms with E-state index >= 15 is 0 Å². The zero-order chi connectivity index (χ0) is 13.5. The summed E-state index contributed by atoms with van der Waals surface area (Å²) in [4.78, 5) is 13.9. The van der Waals surface area contributed by atoms with Crippen LogP contribution in [0.25, 0.3) is 0 Å². The van der Waals surface area contributed by atoms with E-state index in [9.17, 15) is 4.79 Å². The maximum atomic E-state index is 12.0. The van der Waals surface area contributed by atoms with Crippen molar-refractivity contribution in [1.29, 1.82) is 0 Å². The maximum Gasteiger partial charge on any atom is 0.224 e. The smallest absolute Gasteiger partial charge is 0.224 e. The van der Waals surface area contributed by atoms with Crippen LogP contribution in [0.1, 0.15) is 18.9 Å². The van der Waals surface area contributed by atoms with Crippen LogP contribution >= 0.6 is 12.4 Å². The molecular weight excluding hydrogens is 276 g/mol. The number of carbonyl (C=O) groups excluding carboxylic acids is 1. The number of ether oxygens (including phenoxy) is 1. The zero-order valence-corrected chi connectivity index (χ0v) is 12.7.